The largest absolute Gasteiger partial charge is 0.0616 e. The molecule has 10 aromatic rings. The maximum Gasteiger partial charge on any atom is 0.0255 e. The number of hydrogen-bond donors (Lipinski definition) is 0. The van der Waals surface area contributed by atoms with Crippen molar-refractivity contribution in [1.82, 2.24) is 0 Å². The molecule has 0 heterocycles. The molecule has 0 radical (unpaired) electrons. The lowest BCUT2D eigenvalue weighted by Crippen LogP contribution is -1.82. The molecular weight excluding hydrogens is 649 g/mol. The minimum Gasteiger partial charge on any atom is -0.0616 e. The van der Waals surface area contributed by atoms with E-state index < -0.39 is 0 Å². The molecule has 0 atom stereocenters. The summed E-state index contributed by atoms with van der Waals surface area (Å²) in [6, 6.07) is 65.1. The van der Waals surface area contributed by atoms with E-state index in [0.717, 1.165) is 22.3 Å². The number of hydrogen-bond acceptors (Lipinski definition) is 0. The van der Waals surface area contributed by atoms with Gasteiger partial charge in [-0.15, -0.1) is 0 Å². The second-order valence-corrected chi connectivity index (χ2v) is 14.0. The highest BCUT2D eigenvalue weighted by Crippen LogP contribution is 2.28. The van der Waals surface area contributed by atoms with Crippen molar-refractivity contribution >= 4 is 76.8 Å². The van der Waals surface area contributed by atoms with Crippen molar-refractivity contribution in [2.75, 3.05) is 0 Å². The Morgan fingerprint density at radius 2 is 0.500 bits per heavy atom. The monoisotopic (exact) mass is 680 g/mol. The highest BCUT2D eigenvalue weighted by Gasteiger charge is 2.03. The second-order valence-electron chi connectivity index (χ2n) is 14.0. The van der Waals surface area contributed by atoms with Gasteiger partial charge in [0.25, 0.3) is 0 Å². The first-order valence-electron chi connectivity index (χ1n) is 18.3. The average molecular weight is 681 g/mol. The van der Waals surface area contributed by atoms with Crippen LogP contribution in [0.4, 0.5) is 0 Å². The SMILES string of the molecule is C(#Cc1ccc2cc3cc(C=Cc4ccc5cc6cc(C#Cc7ccc8ccccc8c7)ccc6cc5c4)ccc3cc2c1)c1ccc2ccccc2c1. The second kappa shape index (κ2) is 13.3. The predicted molar refractivity (Wildman–Crippen MR) is 232 cm³/mol. The summed E-state index contributed by atoms with van der Waals surface area (Å²) >= 11 is 0. The standard InChI is InChI=1S/C54H32/c1-3-7-45-27-37(15-21-43(45)5-1)9-11-39-17-23-47-35-53-31-41(19-25-49(53)33-51(47)29-39)13-14-42-20-26-50-34-52-30-40(18-24-48(52)36-54(50)32-42)12-10-38-16-22-44-6-2-4-8-46(44)28-38/h1-8,13-36H. The zero-order valence-corrected chi connectivity index (χ0v) is 29.5. The summed E-state index contributed by atoms with van der Waals surface area (Å²) in [4.78, 5) is 0. The minimum absolute atomic E-state index is 1.02. The average Bonchev–Trinajstić information content (AvgIpc) is 3.22. The zero-order valence-electron chi connectivity index (χ0n) is 29.5. The van der Waals surface area contributed by atoms with E-state index in [4.69, 9.17) is 0 Å². The van der Waals surface area contributed by atoms with E-state index in [1.807, 2.05) is 0 Å². The molecule has 0 fully saturated rings. The molecule has 0 aliphatic carbocycles. The lowest BCUT2D eigenvalue weighted by atomic mass is 9.99. The van der Waals surface area contributed by atoms with Gasteiger partial charge in [-0.1, -0.05) is 133 Å². The molecule has 54 heavy (non-hydrogen) atoms. The summed E-state index contributed by atoms with van der Waals surface area (Å²) in [6.07, 6.45) is 4.41. The molecular formula is C54H32. The third kappa shape index (κ3) is 6.35. The summed E-state index contributed by atoms with van der Waals surface area (Å²) in [7, 11) is 0. The number of benzene rings is 10. The first-order valence-corrected chi connectivity index (χ1v) is 18.3. The highest BCUT2D eigenvalue weighted by atomic mass is 14.1. The van der Waals surface area contributed by atoms with Crippen LogP contribution in [0.3, 0.4) is 0 Å². The molecule has 0 nitrogen and oxygen atoms in total. The molecule has 0 saturated carbocycles. The van der Waals surface area contributed by atoms with Gasteiger partial charge in [-0.3, -0.25) is 0 Å². The van der Waals surface area contributed by atoms with Crippen molar-refractivity contribution in [2.24, 2.45) is 0 Å². The van der Waals surface area contributed by atoms with E-state index in [2.05, 4.69) is 218 Å². The molecule has 0 aliphatic rings. The lowest BCUT2D eigenvalue weighted by Gasteiger charge is -2.06. The van der Waals surface area contributed by atoms with Gasteiger partial charge in [0.1, 0.15) is 0 Å². The third-order valence-corrected chi connectivity index (χ3v) is 10.3. The van der Waals surface area contributed by atoms with Crippen LogP contribution in [0, 0.1) is 23.7 Å². The van der Waals surface area contributed by atoms with Crippen LogP contribution in [0.25, 0.3) is 76.8 Å². The molecule has 10 aromatic carbocycles. The van der Waals surface area contributed by atoms with Gasteiger partial charge in [0.15, 0.2) is 0 Å². The molecule has 10 rings (SSSR count). The molecule has 0 saturated heterocycles. The van der Waals surface area contributed by atoms with E-state index in [9.17, 15) is 0 Å². The molecule has 0 aliphatic heterocycles. The van der Waals surface area contributed by atoms with Crippen molar-refractivity contribution in [1.29, 1.82) is 0 Å². The van der Waals surface area contributed by atoms with Crippen molar-refractivity contribution < 1.29 is 0 Å². The molecule has 0 aromatic heterocycles. The zero-order chi connectivity index (χ0) is 35.8. The van der Waals surface area contributed by atoms with Gasteiger partial charge in [-0.2, -0.15) is 0 Å². The smallest absolute Gasteiger partial charge is 0.0255 e. The Morgan fingerprint density at radius 3 is 0.889 bits per heavy atom. The van der Waals surface area contributed by atoms with Crippen LogP contribution < -0.4 is 0 Å². The van der Waals surface area contributed by atoms with Crippen LogP contribution in [-0.4, -0.2) is 0 Å². The third-order valence-electron chi connectivity index (χ3n) is 10.3. The minimum atomic E-state index is 1.02. The van der Waals surface area contributed by atoms with E-state index in [1.54, 1.807) is 0 Å². The maximum absolute atomic E-state index is 3.38. The molecule has 0 N–H and O–H groups in total. The summed E-state index contributed by atoms with van der Waals surface area (Å²) < 4.78 is 0. The molecule has 0 bridgehead atoms. The van der Waals surface area contributed by atoms with Gasteiger partial charge < -0.3 is 0 Å². The predicted octanol–water partition coefficient (Wildman–Crippen LogP) is 13.6. The Morgan fingerprint density at radius 1 is 0.222 bits per heavy atom. The van der Waals surface area contributed by atoms with Crippen LogP contribution >= 0.6 is 0 Å². The normalized spacial score (nSPS) is 11.3. The maximum atomic E-state index is 3.38. The van der Waals surface area contributed by atoms with Crippen molar-refractivity contribution in [3.8, 4) is 23.7 Å². The molecule has 0 heteroatoms. The molecule has 248 valence electrons. The summed E-state index contributed by atoms with van der Waals surface area (Å²) in [5, 5.41) is 14.6. The topological polar surface area (TPSA) is 0 Å². The summed E-state index contributed by atoms with van der Waals surface area (Å²) in [6.45, 7) is 0. The van der Waals surface area contributed by atoms with Crippen LogP contribution in [0.2, 0.25) is 0 Å². The van der Waals surface area contributed by atoms with Crippen molar-refractivity contribution in [3.05, 3.63) is 215 Å². The highest BCUT2D eigenvalue weighted by molar-refractivity contribution is 6.01. The fourth-order valence-electron chi connectivity index (χ4n) is 7.41. The van der Waals surface area contributed by atoms with Gasteiger partial charge in [0.2, 0.25) is 0 Å². The van der Waals surface area contributed by atoms with Gasteiger partial charge in [0.05, 0.1) is 0 Å². The van der Waals surface area contributed by atoms with E-state index >= 15 is 0 Å². The van der Waals surface area contributed by atoms with Crippen LogP contribution in [0.15, 0.2) is 182 Å². The van der Waals surface area contributed by atoms with Crippen LogP contribution in [-0.2, 0) is 0 Å². The Kier molecular flexibility index (Phi) is 7.73. The Bertz CT molecular complexity index is 3060. The summed E-state index contributed by atoms with van der Waals surface area (Å²) in [5.74, 6) is 13.5. The van der Waals surface area contributed by atoms with Gasteiger partial charge >= 0.3 is 0 Å². The Balaban J connectivity index is 0.872. The Hall–Kier alpha value is -7.38. The molecule has 0 spiro atoms. The Labute approximate surface area is 314 Å². The summed E-state index contributed by atoms with van der Waals surface area (Å²) in [5.41, 5.74) is 6.44. The first kappa shape index (κ1) is 31.4. The fourth-order valence-corrected chi connectivity index (χ4v) is 7.41. The fraction of sp³-hybridized carbons (Fsp3) is 0. The van der Waals surface area contributed by atoms with Crippen molar-refractivity contribution in [2.45, 2.75) is 0 Å². The molecule has 0 unspecified atom stereocenters. The number of rotatable bonds is 2. The van der Waals surface area contributed by atoms with Gasteiger partial charge in [0, 0.05) is 22.3 Å². The quantitative estimate of drug-likeness (QED) is 0.0968. The number of fused-ring (bicyclic) bond motifs is 6. The van der Waals surface area contributed by atoms with E-state index in [-0.39, 0.29) is 0 Å². The van der Waals surface area contributed by atoms with E-state index in [1.165, 1.54) is 75.8 Å². The van der Waals surface area contributed by atoms with E-state index in [0.29, 0.717) is 0 Å². The first-order chi connectivity index (χ1) is 26.6. The van der Waals surface area contributed by atoms with Gasteiger partial charge in [-0.05, 0) is 161 Å². The molecule has 0 amide bonds. The van der Waals surface area contributed by atoms with Crippen LogP contribution in [0.5, 0.6) is 0 Å². The lowest BCUT2D eigenvalue weighted by molar-refractivity contribution is 1.67. The van der Waals surface area contributed by atoms with Crippen LogP contribution in [0.1, 0.15) is 33.4 Å². The van der Waals surface area contributed by atoms with Gasteiger partial charge in [-0.25, -0.2) is 0 Å². The van der Waals surface area contributed by atoms with Crippen molar-refractivity contribution in [3.63, 3.8) is 0 Å².